The molecule has 0 radical (unpaired) electrons. The summed E-state index contributed by atoms with van der Waals surface area (Å²) in [6.45, 7) is 8.20. The number of unbranched alkanes of at least 4 members (excludes halogenated alkanes) is 1. The van der Waals surface area contributed by atoms with Crippen molar-refractivity contribution in [3.05, 3.63) is 82.3 Å². The Labute approximate surface area is 333 Å². The fourth-order valence-electron chi connectivity index (χ4n) is 9.11. The molecule has 15 heteroatoms. The number of nitrogens with two attached hydrogens (primary N) is 1. The normalized spacial score (nSPS) is 21.7. The highest BCUT2D eigenvalue weighted by Gasteiger charge is 2.40. The molecule has 0 spiro atoms. The number of hydrogen-bond donors (Lipinski definition) is 2. The van der Waals surface area contributed by atoms with Crippen molar-refractivity contribution in [3.8, 4) is 0 Å². The van der Waals surface area contributed by atoms with E-state index in [-0.39, 0.29) is 41.9 Å². The van der Waals surface area contributed by atoms with E-state index in [1.54, 1.807) is 16.0 Å². The summed E-state index contributed by atoms with van der Waals surface area (Å²) in [6, 6.07) is 13.9. The number of primary amides is 1. The number of nitrogens with zero attached hydrogens (tertiary/aromatic N) is 8. The van der Waals surface area contributed by atoms with Gasteiger partial charge in [-0.3, -0.25) is 29.4 Å². The summed E-state index contributed by atoms with van der Waals surface area (Å²) < 4.78 is 0. The van der Waals surface area contributed by atoms with Crippen LogP contribution in [-0.2, 0) is 29.0 Å². The van der Waals surface area contributed by atoms with Crippen LogP contribution in [0.15, 0.2) is 48.7 Å². The molecule has 8 rings (SSSR count). The van der Waals surface area contributed by atoms with Gasteiger partial charge < -0.3 is 30.2 Å². The number of piperidine rings is 2. The van der Waals surface area contributed by atoms with Crippen LogP contribution < -0.4 is 20.9 Å². The fourth-order valence-corrected chi connectivity index (χ4v) is 9.11. The molecule has 15 nitrogen and oxygen atoms in total. The van der Waals surface area contributed by atoms with Gasteiger partial charge >= 0.3 is 6.03 Å². The van der Waals surface area contributed by atoms with E-state index in [9.17, 15) is 24.0 Å². The maximum atomic E-state index is 13.2. The number of carbonyl (C=O) groups excluding carboxylic acids is 5. The van der Waals surface area contributed by atoms with Crippen molar-refractivity contribution in [1.29, 1.82) is 0 Å². The second-order valence-corrected chi connectivity index (χ2v) is 16.0. The zero-order chi connectivity index (χ0) is 39.6. The molecule has 1 unspecified atom stereocenters. The Hall–Kier alpha value is -5.57. The van der Waals surface area contributed by atoms with Crippen molar-refractivity contribution in [1.82, 2.24) is 34.9 Å². The first kappa shape index (κ1) is 38.3. The van der Waals surface area contributed by atoms with Crippen LogP contribution >= 0.6 is 0 Å². The predicted octanol–water partition coefficient (Wildman–Crippen LogP) is 2.41. The first-order valence-electron chi connectivity index (χ1n) is 20.4. The van der Waals surface area contributed by atoms with Crippen molar-refractivity contribution in [2.45, 2.75) is 70.0 Å². The molecule has 6 heterocycles. The standard InChI is InChI=1S/C42H52N10O5/c1-47-18-23-51(42(47)57)31-8-5-17-50(26-31)36-25-44-38(39(43)54)34(45-36)24-28-10-12-30(13-11-28)49-21-19-48(20-22-49)16-3-2-6-29-7-4-9-32-33(29)27-52(41(32)56)35-14-15-37(53)46-40(35)55/h4,7,9-13,25,31,35H,2-3,5-6,8,14-24,26-27H2,1H3,(H2,43,54)(H,46,53,55)/t31-,35?/m1/s1. The number of anilines is 2. The number of nitrogens with one attached hydrogen (secondary N) is 1. The Morgan fingerprint density at radius 1 is 0.895 bits per heavy atom. The molecular weight excluding hydrogens is 725 g/mol. The lowest BCUT2D eigenvalue weighted by Gasteiger charge is -2.37. The SMILES string of the molecule is CN1CCN([C@@H]2CCCN(c3cnc(C(N)=O)c(Cc4ccc(N5CCN(CCCCc6cccc7c6CN(C6CCC(=O)NC6=O)C7=O)CC5)cc4)n3)C2)C1=O. The third kappa shape index (κ3) is 8.16. The average molecular weight is 777 g/mol. The number of amides is 6. The summed E-state index contributed by atoms with van der Waals surface area (Å²) in [7, 11) is 1.84. The van der Waals surface area contributed by atoms with Crippen LogP contribution in [0.3, 0.4) is 0 Å². The Bertz CT molecular complexity index is 2030. The zero-order valence-electron chi connectivity index (χ0n) is 32.7. The summed E-state index contributed by atoms with van der Waals surface area (Å²) in [5.74, 6) is -0.683. The molecule has 3 N–H and O–H groups in total. The number of hydrogen-bond acceptors (Lipinski definition) is 10. The van der Waals surface area contributed by atoms with E-state index in [4.69, 9.17) is 10.7 Å². The number of aryl methyl sites for hydroxylation is 1. The number of rotatable bonds is 12. The molecule has 2 aromatic carbocycles. The Morgan fingerprint density at radius 3 is 2.44 bits per heavy atom. The molecule has 0 saturated carbocycles. The minimum absolute atomic E-state index is 0.0752. The van der Waals surface area contributed by atoms with E-state index >= 15 is 0 Å². The lowest BCUT2D eigenvalue weighted by atomic mass is 9.98. The van der Waals surface area contributed by atoms with Gasteiger partial charge in [0.15, 0.2) is 0 Å². The molecule has 2 atom stereocenters. The van der Waals surface area contributed by atoms with E-state index < -0.39 is 11.9 Å². The number of likely N-dealkylation sites (N-methyl/N-ethyl adjacent to an activating group) is 1. The number of urea groups is 1. The smallest absolute Gasteiger partial charge is 0.320 e. The summed E-state index contributed by atoms with van der Waals surface area (Å²) in [6.07, 6.45) is 7.51. The molecule has 3 aromatic rings. The molecule has 300 valence electrons. The molecular formula is C42H52N10O5. The van der Waals surface area contributed by atoms with Crippen molar-refractivity contribution < 1.29 is 24.0 Å². The van der Waals surface area contributed by atoms with Gasteiger partial charge in [0.2, 0.25) is 11.8 Å². The number of carbonyl (C=O) groups is 5. The minimum atomic E-state index is -0.599. The van der Waals surface area contributed by atoms with Crippen LogP contribution in [0.1, 0.15) is 81.8 Å². The van der Waals surface area contributed by atoms with E-state index in [0.29, 0.717) is 43.0 Å². The van der Waals surface area contributed by atoms with E-state index in [0.717, 1.165) is 107 Å². The number of fused-ring (bicyclic) bond motifs is 1. The summed E-state index contributed by atoms with van der Waals surface area (Å²) in [4.78, 5) is 84.2. The molecule has 5 aliphatic rings. The Balaban J connectivity index is 0.810. The number of imide groups is 1. The highest BCUT2D eigenvalue weighted by atomic mass is 16.2. The topological polar surface area (TPSA) is 169 Å². The van der Waals surface area contributed by atoms with Gasteiger partial charge in [0.25, 0.3) is 11.8 Å². The lowest BCUT2D eigenvalue weighted by Crippen LogP contribution is -2.52. The molecule has 0 bridgehead atoms. The van der Waals surface area contributed by atoms with Gasteiger partial charge in [0, 0.05) is 90.0 Å². The van der Waals surface area contributed by atoms with Crippen molar-refractivity contribution in [2.75, 3.05) is 75.8 Å². The quantitative estimate of drug-likeness (QED) is 0.206. The van der Waals surface area contributed by atoms with Gasteiger partial charge in [-0.25, -0.2) is 14.8 Å². The van der Waals surface area contributed by atoms with E-state index in [2.05, 4.69) is 55.3 Å². The summed E-state index contributed by atoms with van der Waals surface area (Å²) in [5, 5.41) is 2.38. The predicted molar refractivity (Wildman–Crippen MR) is 214 cm³/mol. The van der Waals surface area contributed by atoms with Crippen LogP contribution in [0.25, 0.3) is 0 Å². The Kier molecular flexibility index (Phi) is 11.1. The van der Waals surface area contributed by atoms with Crippen LogP contribution in [0.2, 0.25) is 0 Å². The largest absolute Gasteiger partial charge is 0.369 e. The van der Waals surface area contributed by atoms with Gasteiger partial charge in [0.05, 0.1) is 17.9 Å². The lowest BCUT2D eigenvalue weighted by molar-refractivity contribution is -0.136. The van der Waals surface area contributed by atoms with E-state index in [1.807, 2.05) is 24.1 Å². The second-order valence-electron chi connectivity index (χ2n) is 16.0. The minimum Gasteiger partial charge on any atom is -0.369 e. The van der Waals surface area contributed by atoms with Gasteiger partial charge in [0.1, 0.15) is 17.6 Å². The second kappa shape index (κ2) is 16.5. The molecule has 1 aromatic heterocycles. The highest BCUT2D eigenvalue weighted by Crippen LogP contribution is 2.31. The molecule has 6 amide bonds. The van der Waals surface area contributed by atoms with Crippen LogP contribution in [-0.4, -0.2) is 137 Å². The van der Waals surface area contributed by atoms with Crippen LogP contribution in [0.5, 0.6) is 0 Å². The van der Waals surface area contributed by atoms with Crippen molar-refractivity contribution in [3.63, 3.8) is 0 Å². The van der Waals surface area contributed by atoms with Crippen molar-refractivity contribution >= 4 is 41.2 Å². The molecule has 4 fully saturated rings. The highest BCUT2D eigenvalue weighted by molar-refractivity contribution is 6.05. The number of piperazine rings is 1. The van der Waals surface area contributed by atoms with Gasteiger partial charge in [-0.05, 0) is 80.0 Å². The summed E-state index contributed by atoms with van der Waals surface area (Å²) in [5.41, 5.74) is 11.5. The van der Waals surface area contributed by atoms with Gasteiger partial charge in [-0.2, -0.15) is 0 Å². The first-order chi connectivity index (χ1) is 27.6. The maximum absolute atomic E-state index is 13.2. The zero-order valence-corrected chi connectivity index (χ0v) is 32.7. The molecule has 0 aliphatic carbocycles. The Morgan fingerprint density at radius 2 is 1.70 bits per heavy atom. The summed E-state index contributed by atoms with van der Waals surface area (Å²) >= 11 is 0. The van der Waals surface area contributed by atoms with Crippen LogP contribution in [0.4, 0.5) is 16.3 Å². The van der Waals surface area contributed by atoms with E-state index in [1.165, 1.54) is 0 Å². The molecule has 4 saturated heterocycles. The monoisotopic (exact) mass is 776 g/mol. The third-order valence-corrected chi connectivity index (χ3v) is 12.4. The van der Waals surface area contributed by atoms with Gasteiger partial charge in [-0.1, -0.05) is 24.3 Å². The third-order valence-electron chi connectivity index (χ3n) is 12.4. The van der Waals surface area contributed by atoms with Crippen molar-refractivity contribution in [2.24, 2.45) is 5.73 Å². The molecule has 5 aliphatic heterocycles. The molecule has 57 heavy (non-hydrogen) atoms. The fraction of sp³-hybridized carbons (Fsp3) is 0.500. The number of aromatic nitrogens is 2. The first-order valence-corrected chi connectivity index (χ1v) is 20.4. The van der Waals surface area contributed by atoms with Gasteiger partial charge in [-0.15, -0.1) is 0 Å². The average Bonchev–Trinajstić information content (AvgIpc) is 3.74. The van der Waals surface area contributed by atoms with Crippen LogP contribution in [0, 0.1) is 0 Å². The maximum Gasteiger partial charge on any atom is 0.320 e. The number of benzene rings is 2.